The third-order valence-electron chi connectivity index (χ3n) is 8.80. The fourth-order valence-corrected chi connectivity index (χ4v) is 6.32. The zero-order chi connectivity index (χ0) is 51.8. The summed E-state index contributed by atoms with van der Waals surface area (Å²) < 4.78 is 185. The van der Waals surface area contributed by atoms with Crippen molar-refractivity contribution in [1.29, 1.82) is 0 Å². The van der Waals surface area contributed by atoms with Gasteiger partial charge in [-0.25, -0.2) is 0 Å². The molecule has 0 amide bonds. The van der Waals surface area contributed by atoms with E-state index in [4.69, 9.17) is 23.6 Å². The van der Waals surface area contributed by atoms with Crippen LogP contribution < -0.4 is 4.90 Å². The molecule has 9 aromatic carbocycles. The van der Waals surface area contributed by atoms with Crippen molar-refractivity contribution in [3.63, 3.8) is 0 Å². The summed E-state index contributed by atoms with van der Waals surface area (Å²) in [5, 5.41) is -2.32. The molecule has 0 spiro atoms. The van der Waals surface area contributed by atoms with E-state index < -0.39 is 160 Å². The molecule has 0 unspecified atom stereocenters. The van der Waals surface area contributed by atoms with Gasteiger partial charge in [0.1, 0.15) is 11.2 Å². The molecular weight excluding hydrogens is 631 g/mol. The van der Waals surface area contributed by atoms with E-state index in [1.807, 2.05) is 54.6 Å². The average Bonchev–Trinajstić information content (AvgIpc) is 3.78. The summed E-state index contributed by atoms with van der Waals surface area (Å²) in [4.78, 5) is 1.09. The molecule has 0 aliphatic carbocycles. The molecule has 52 heavy (non-hydrogen) atoms. The Labute approximate surface area is 330 Å². The lowest BCUT2D eigenvalue weighted by Crippen LogP contribution is -2.10. The molecule has 2 heteroatoms. The highest BCUT2D eigenvalue weighted by Gasteiger charge is 2.20. The number of fused-ring (bicyclic) bond motifs is 6. The number of anilines is 3. The maximum absolute atomic E-state index is 9.70. The van der Waals surface area contributed by atoms with Gasteiger partial charge in [0, 0.05) is 22.1 Å². The van der Waals surface area contributed by atoms with Gasteiger partial charge < -0.3 is 9.32 Å². The Balaban J connectivity index is 1.32. The topological polar surface area (TPSA) is 16.4 Å². The summed E-state index contributed by atoms with van der Waals surface area (Å²) >= 11 is 0. The van der Waals surface area contributed by atoms with E-state index in [0.717, 1.165) is 21.6 Å². The second-order valence-corrected chi connectivity index (χ2v) is 11.8. The Morgan fingerprint density at radius 1 is 0.404 bits per heavy atom. The molecule has 1 heterocycles. The zero-order valence-electron chi connectivity index (χ0n) is 46.9. The van der Waals surface area contributed by atoms with Crippen LogP contribution >= 0.6 is 0 Å². The molecule has 244 valence electrons. The van der Waals surface area contributed by atoms with Crippen molar-refractivity contribution in [3.8, 4) is 33.4 Å². The lowest BCUT2D eigenvalue weighted by Gasteiger charge is -2.26. The van der Waals surface area contributed by atoms with E-state index in [0.29, 0.717) is 5.56 Å². The molecule has 0 saturated heterocycles. The minimum absolute atomic E-state index is 0.0302. The number of furan rings is 1. The Morgan fingerprint density at radius 2 is 1.00 bits per heavy atom. The minimum atomic E-state index is -0.884. The van der Waals surface area contributed by atoms with Crippen LogP contribution in [0.2, 0.25) is 0 Å². The van der Waals surface area contributed by atoms with Crippen LogP contribution in [0.15, 0.2) is 204 Å². The third-order valence-corrected chi connectivity index (χ3v) is 8.80. The number of hydrogen-bond acceptors (Lipinski definition) is 2. The van der Waals surface area contributed by atoms with Gasteiger partial charge in [0.25, 0.3) is 0 Å². The molecular formula is C50H33NO. The van der Waals surface area contributed by atoms with Crippen LogP contribution in [-0.4, -0.2) is 0 Å². The maximum atomic E-state index is 9.70. The van der Waals surface area contributed by atoms with Crippen LogP contribution in [0.5, 0.6) is 0 Å². The van der Waals surface area contributed by atoms with Gasteiger partial charge in [0.15, 0.2) is 0 Å². The zero-order valence-corrected chi connectivity index (χ0v) is 26.9. The van der Waals surface area contributed by atoms with Crippen LogP contribution in [-0.2, 0) is 0 Å². The lowest BCUT2D eigenvalue weighted by atomic mass is 9.97. The monoisotopic (exact) mass is 683 g/mol. The summed E-state index contributed by atoms with van der Waals surface area (Å²) in [7, 11) is 0. The summed E-state index contributed by atoms with van der Waals surface area (Å²) in [6.07, 6.45) is 0. The van der Waals surface area contributed by atoms with Crippen LogP contribution in [0, 0.1) is 0 Å². The fourth-order valence-electron chi connectivity index (χ4n) is 6.32. The van der Waals surface area contributed by atoms with Crippen molar-refractivity contribution in [2.24, 2.45) is 0 Å². The molecule has 10 aromatic rings. The van der Waals surface area contributed by atoms with Gasteiger partial charge in [-0.15, -0.1) is 0 Å². The first kappa shape index (κ1) is 16.0. The molecule has 0 fully saturated rings. The van der Waals surface area contributed by atoms with Crippen molar-refractivity contribution < 1.29 is 31.8 Å². The van der Waals surface area contributed by atoms with E-state index in [1.54, 1.807) is 12.1 Å². The van der Waals surface area contributed by atoms with E-state index in [1.165, 1.54) is 12.1 Å². The van der Waals surface area contributed by atoms with Gasteiger partial charge in [-0.05, 0) is 91.9 Å². The Bertz CT molecular complexity index is 3990. The highest BCUT2D eigenvalue weighted by molar-refractivity contribution is 6.19. The average molecular weight is 684 g/mol. The van der Waals surface area contributed by atoms with Crippen LogP contribution in [0.3, 0.4) is 0 Å². The predicted molar refractivity (Wildman–Crippen MR) is 220 cm³/mol. The SMILES string of the molecule is [2H]c1c([2H])c(N(c2ccc(-c3ccc(-c4ccccc4)cc3)cc2)c2c([2H])c([2H])c([2H])c3oc4c5c([2H])c([2H])c([2H])c([2H])c5c([2H])c([2H])c4c23)c([2H])c([2H])c1-c1c([2H])c([2H])c([2H])c2c([2H])c([2H])c([2H])c([2H])c12. The summed E-state index contributed by atoms with van der Waals surface area (Å²) in [5.41, 5.74) is 0.256. The van der Waals surface area contributed by atoms with Gasteiger partial charge in [-0.2, -0.15) is 0 Å². The molecule has 10 rings (SSSR count). The third kappa shape index (κ3) is 5.12. The smallest absolute Gasteiger partial charge is 0.143 e. The number of rotatable bonds is 6. The van der Waals surface area contributed by atoms with Crippen molar-refractivity contribution >= 4 is 60.5 Å². The van der Waals surface area contributed by atoms with Gasteiger partial charge in [-0.1, -0.05) is 157 Å². The summed E-state index contributed by atoms with van der Waals surface area (Å²) in [5.74, 6) is 0. The van der Waals surface area contributed by atoms with Crippen molar-refractivity contribution in [2.75, 3.05) is 4.90 Å². The molecule has 0 aliphatic rings. The van der Waals surface area contributed by atoms with Crippen molar-refractivity contribution in [2.45, 2.75) is 0 Å². The standard InChI is InChI=1S/C50H33NO/c1-2-10-34(11-3-1)35-20-22-36(23-21-35)37-24-29-41(30-25-37)51(42-31-26-40(27-32-42)44-17-8-14-38-12-4-6-15-43(38)44)47-18-9-19-48-49(47)46-33-28-39-13-5-7-16-45(39)50(46)52-48/h1-33H/i4D,5D,6D,7D,8D,9D,12D,13D,14D,15D,16D,17D,18D,19D,26D,27D,28D,31D,32D,33D. The minimum Gasteiger partial charge on any atom is -0.455 e. The van der Waals surface area contributed by atoms with Crippen LogP contribution in [0.1, 0.15) is 27.4 Å². The van der Waals surface area contributed by atoms with Crippen LogP contribution in [0.25, 0.3) is 76.9 Å². The van der Waals surface area contributed by atoms with Gasteiger partial charge in [-0.3, -0.25) is 0 Å². The van der Waals surface area contributed by atoms with Crippen molar-refractivity contribution in [3.05, 3.63) is 200 Å². The van der Waals surface area contributed by atoms with E-state index >= 15 is 0 Å². The lowest BCUT2D eigenvalue weighted by molar-refractivity contribution is 0.672. The first-order chi connectivity index (χ1) is 34.1. The quantitative estimate of drug-likeness (QED) is 0.173. The van der Waals surface area contributed by atoms with Gasteiger partial charge >= 0.3 is 0 Å². The summed E-state index contributed by atoms with van der Waals surface area (Å²) in [6.45, 7) is 0. The molecule has 0 aliphatic heterocycles. The van der Waals surface area contributed by atoms with Gasteiger partial charge in [0.2, 0.25) is 0 Å². The maximum Gasteiger partial charge on any atom is 0.143 e. The fraction of sp³-hybridized carbons (Fsp3) is 0. The Morgan fingerprint density at radius 3 is 1.73 bits per heavy atom. The Kier molecular flexibility index (Phi) is 3.83. The second-order valence-electron chi connectivity index (χ2n) is 11.8. The van der Waals surface area contributed by atoms with Crippen LogP contribution in [0.4, 0.5) is 17.1 Å². The molecule has 1 aromatic heterocycles. The summed E-state index contributed by atoms with van der Waals surface area (Å²) in [6, 6.07) is 8.65. The number of nitrogens with zero attached hydrogens (tertiary/aromatic N) is 1. The highest BCUT2D eigenvalue weighted by Crippen LogP contribution is 2.45. The molecule has 2 nitrogen and oxygen atoms in total. The number of benzene rings is 9. The molecule has 0 atom stereocenters. The molecule has 0 N–H and O–H groups in total. The first-order valence-corrected chi connectivity index (χ1v) is 16.1. The molecule has 0 radical (unpaired) electrons. The molecule has 0 saturated carbocycles. The second kappa shape index (κ2) is 12.5. The highest BCUT2D eigenvalue weighted by atomic mass is 16.3. The molecule has 0 bridgehead atoms. The first-order valence-electron chi connectivity index (χ1n) is 26.1. The predicted octanol–water partition coefficient (Wildman–Crippen LogP) is 14.4. The van der Waals surface area contributed by atoms with E-state index in [-0.39, 0.29) is 32.8 Å². The Hall–Kier alpha value is -6.90. The van der Waals surface area contributed by atoms with E-state index in [2.05, 4.69) is 0 Å². The van der Waals surface area contributed by atoms with E-state index in [9.17, 15) is 8.22 Å². The van der Waals surface area contributed by atoms with Gasteiger partial charge in [0.05, 0.1) is 38.5 Å². The van der Waals surface area contributed by atoms with Crippen molar-refractivity contribution in [1.82, 2.24) is 0 Å². The normalized spacial score (nSPS) is 16.8. The largest absolute Gasteiger partial charge is 0.455 e. The number of hydrogen-bond donors (Lipinski definition) is 0.